The second-order valence-electron chi connectivity index (χ2n) is 5.38. The summed E-state index contributed by atoms with van der Waals surface area (Å²) >= 11 is 0. The number of hydrogen-bond donors (Lipinski definition) is 1. The summed E-state index contributed by atoms with van der Waals surface area (Å²) in [6, 6.07) is 4.88. The van der Waals surface area contributed by atoms with Crippen LogP contribution in [0.4, 0.5) is 5.82 Å². The summed E-state index contributed by atoms with van der Waals surface area (Å²) in [5.74, 6) is 1.16. The lowest BCUT2D eigenvalue weighted by molar-refractivity contribution is 0.199. The summed E-state index contributed by atoms with van der Waals surface area (Å²) in [6.45, 7) is 5.74. The largest absolute Gasteiger partial charge is 0.383 e. The average Bonchev–Trinajstić information content (AvgIpc) is 3.00. The fourth-order valence-corrected chi connectivity index (χ4v) is 3.02. The van der Waals surface area contributed by atoms with E-state index < -0.39 is 0 Å². The molecule has 0 unspecified atom stereocenters. The lowest BCUT2D eigenvalue weighted by Crippen LogP contribution is -2.35. The van der Waals surface area contributed by atoms with E-state index in [0.717, 1.165) is 32.1 Å². The molecule has 1 aliphatic rings. The van der Waals surface area contributed by atoms with Gasteiger partial charge in [-0.2, -0.15) is 0 Å². The summed E-state index contributed by atoms with van der Waals surface area (Å²) in [6.07, 6.45) is 7.23. The van der Waals surface area contributed by atoms with E-state index in [1.165, 1.54) is 31.2 Å². The number of hydrogen-bond acceptors (Lipinski definition) is 4. The van der Waals surface area contributed by atoms with Crippen LogP contribution in [0.3, 0.4) is 0 Å². The van der Waals surface area contributed by atoms with E-state index in [9.17, 15) is 0 Å². The maximum atomic E-state index is 5.07. The molecule has 0 saturated heterocycles. The number of pyridine rings is 1. The fraction of sp³-hybridized carbons (Fsp3) is 0.688. The molecule has 1 aliphatic carbocycles. The molecule has 1 heterocycles. The molecule has 1 aromatic rings. The number of anilines is 1. The molecule has 1 fully saturated rings. The van der Waals surface area contributed by atoms with Crippen LogP contribution in [-0.4, -0.2) is 37.8 Å². The van der Waals surface area contributed by atoms with Gasteiger partial charge in [0.1, 0.15) is 5.82 Å². The van der Waals surface area contributed by atoms with Crippen LogP contribution in [-0.2, 0) is 11.3 Å². The first-order chi connectivity index (χ1) is 9.86. The van der Waals surface area contributed by atoms with Crippen LogP contribution in [0.1, 0.15) is 38.2 Å². The predicted octanol–water partition coefficient (Wildman–Crippen LogP) is 2.59. The zero-order valence-electron chi connectivity index (χ0n) is 12.8. The molecule has 1 N–H and O–H groups in total. The van der Waals surface area contributed by atoms with Gasteiger partial charge in [0.2, 0.25) is 0 Å². The number of nitrogens with zero attached hydrogens (tertiary/aromatic N) is 2. The Hall–Kier alpha value is -1.13. The van der Waals surface area contributed by atoms with Crippen molar-refractivity contribution in [2.45, 2.75) is 45.2 Å². The quantitative estimate of drug-likeness (QED) is 0.741. The molecular weight excluding hydrogens is 250 g/mol. The van der Waals surface area contributed by atoms with Gasteiger partial charge in [0.05, 0.1) is 6.61 Å². The number of methoxy groups -OCH3 is 1. The van der Waals surface area contributed by atoms with Gasteiger partial charge in [-0.05, 0) is 25.8 Å². The van der Waals surface area contributed by atoms with Gasteiger partial charge in [-0.1, -0.05) is 18.9 Å². The smallest absolute Gasteiger partial charge is 0.133 e. The minimum atomic E-state index is 0.674. The van der Waals surface area contributed by atoms with Gasteiger partial charge >= 0.3 is 0 Å². The first kappa shape index (κ1) is 15.3. The normalized spacial score (nSPS) is 15.7. The van der Waals surface area contributed by atoms with Crippen LogP contribution >= 0.6 is 0 Å². The van der Waals surface area contributed by atoms with Gasteiger partial charge in [-0.25, -0.2) is 4.98 Å². The topological polar surface area (TPSA) is 37.4 Å². The van der Waals surface area contributed by atoms with Crippen molar-refractivity contribution >= 4 is 5.82 Å². The second-order valence-corrected chi connectivity index (χ2v) is 5.38. The molecule has 0 spiro atoms. The van der Waals surface area contributed by atoms with E-state index in [4.69, 9.17) is 4.74 Å². The third kappa shape index (κ3) is 3.93. The summed E-state index contributed by atoms with van der Waals surface area (Å²) in [7, 11) is 1.73. The first-order valence-electron chi connectivity index (χ1n) is 7.77. The molecule has 1 aromatic heterocycles. The molecule has 112 valence electrons. The van der Waals surface area contributed by atoms with E-state index in [1.807, 2.05) is 12.3 Å². The summed E-state index contributed by atoms with van der Waals surface area (Å²) in [5, 5.41) is 3.42. The van der Waals surface area contributed by atoms with Crippen LogP contribution < -0.4 is 10.2 Å². The van der Waals surface area contributed by atoms with Crippen LogP contribution in [0.2, 0.25) is 0 Å². The maximum Gasteiger partial charge on any atom is 0.133 e. The van der Waals surface area contributed by atoms with Crippen molar-refractivity contribution in [1.82, 2.24) is 10.3 Å². The summed E-state index contributed by atoms with van der Waals surface area (Å²) in [4.78, 5) is 7.13. The highest BCUT2D eigenvalue weighted by molar-refractivity contribution is 5.47. The third-order valence-corrected chi connectivity index (χ3v) is 4.04. The van der Waals surface area contributed by atoms with E-state index in [0.29, 0.717) is 6.04 Å². The molecule has 1 saturated carbocycles. The highest BCUT2D eigenvalue weighted by atomic mass is 16.5. The molecule has 0 aromatic carbocycles. The molecular formula is C16H27N3O. The van der Waals surface area contributed by atoms with E-state index in [2.05, 4.69) is 28.2 Å². The van der Waals surface area contributed by atoms with Gasteiger partial charge in [0.15, 0.2) is 0 Å². The van der Waals surface area contributed by atoms with Gasteiger partial charge in [-0.3, -0.25) is 0 Å². The summed E-state index contributed by atoms with van der Waals surface area (Å²) in [5.41, 5.74) is 1.29. The van der Waals surface area contributed by atoms with Crippen molar-refractivity contribution in [1.29, 1.82) is 0 Å². The van der Waals surface area contributed by atoms with Crippen LogP contribution in [0.25, 0.3) is 0 Å². The minimum Gasteiger partial charge on any atom is -0.383 e. The fourth-order valence-electron chi connectivity index (χ4n) is 3.02. The van der Waals surface area contributed by atoms with Gasteiger partial charge < -0.3 is 15.0 Å². The molecule has 20 heavy (non-hydrogen) atoms. The lowest BCUT2D eigenvalue weighted by atomic mass is 10.1. The van der Waals surface area contributed by atoms with Crippen LogP contribution in [0.5, 0.6) is 0 Å². The maximum absolute atomic E-state index is 5.07. The number of ether oxygens (including phenoxy) is 1. The standard InChI is InChI=1S/C16H27N3O/c1-3-19(15-8-4-5-9-15)16-14(7-6-10-18-16)13-17-11-12-20-2/h6-7,10,15,17H,3-5,8-9,11-13H2,1-2H3. The van der Waals surface area contributed by atoms with Crippen LogP contribution in [0, 0.1) is 0 Å². The van der Waals surface area contributed by atoms with Gasteiger partial charge in [0, 0.05) is 44.5 Å². The Balaban J connectivity index is 2.04. The Morgan fingerprint density at radius 2 is 2.20 bits per heavy atom. The Bertz CT molecular complexity index is 391. The number of nitrogens with one attached hydrogen (secondary N) is 1. The summed E-state index contributed by atoms with van der Waals surface area (Å²) < 4.78 is 5.07. The molecule has 0 radical (unpaired) electrons. The molecule has 4 heteroatoms. The SMILES string of the molecule is CCN(c1ncccc1CNCCOC)C1CCCC1. The van der Waals surface area contributed by atoms with E-state index in [-0.39, 0.29) is 0 Å². The highest BCUT2D eigenvalue weighted by Gasteiger charge is 2.23. The minimum absolute atomic E-state index is 0.674. The Labute approximate surface area is 122 Å². The second kappa shape index (κ2) is 8.22. The van der Waals surface area contributed by atoms with Crippen molar-refractivity contribution in [2.24, 2.45) is 0 Å². The first-order valence-corrected chi connectivity index (χ1v) is 7.77. The number of aromatic nitrogens is 1. The van der Waals surface area contributed by atoms with Crippen molar-refractivity contribution in [3.63, 3.8) is 0 Å². The Morgan fingerprint density at radius 1 is 1.40 bits per heavy atom. The zero-order valence-corrected chi connectivity index (χ0v) is 12.8. The van der Waals surface area contributed by atoms with Crippen LogP contribution in [0.15, 0.2) is 18.3 Å². The average molecular weight is 277 g/mol. The molecule has 0 aliphatic heterocycles. The van der Waals surface area contributed by atoms with Crippen molar-refractivity contribution < 1.29 is 4.74 Å². The third-order valence-electron chi connectivity index (χ3n) is 4.04. The van der Waals surface area contributed by atoms with Crippen molar-refractivity contribution in [2.75, 3.05) is 31.7 Å². The Morgan fingerprint density at radius 3 is 2.90 bits per heavy atom. The number of rotatable bonds is 8. The van der Waals surface area contributed by atoms with Crippen molar-refractivity contribution in [3.05, 3.63) is 23.9 Å². The predicted molar refractivity (Wildman–Crippen MR) is 83.1 cm³/mol. The monoisotopic (exact) mass is 277 g/mol. The zero-order chi connectivity index (χ0) is 14.2. The van der Waals surface area contributed by atoms with E-state index in [1.54, 1.807) is 7.11 Å². The molecule has 0 bridgehead atoms. The van der Waals surface area contributed by atoms with Crippen molar-refractivity contribution in [3.8, 4) is 0 Å². The molecule has 4 nitrogen and oxygen atoms in total. The lowest BCUT2D eigenvalue weighted by Gasteiger charge is -2.30. The molecule has 2 rings (SSSR count). The van der Waals surface area contributed by atoms with Gasteiger partial charge in [0.25, 0.3) is 0 Å². The Kier molecular flexibility index (Phi) is 6.27. The molecule has 0 amide bonds. The molecule has 0 atom stereocenters. The van der Waals surface area contributed by atoms with Gasteiger partial charge in [-0.15, -0.1) is 0 Å². The van der Waals surface area contributed by atoms with E-state index >= 15 is 0 Å². The highest BCUT2D eigenvalue weighted by Crippen LogP contribution is 2.28.